The van der Waals surface area contributed by atoms with Gasteiger partial charge in [0.15, 0.2) is 0 Å². The Balaban J connectivity index is 3.10. The quantitative estimate of drug-likeness (QED) is 0.565. The number of hydrogen-bond acceptors (Lipinski definition) is 1. The van der Waals surface area contributed by atoms with Crippen LogP contribution in [0.5, 0.6) is 0 Å². The highest BCUT2D eigenvalue weighted by Gasteiger charge is 1.99. The normalized spacial score (nSPS) is 10.1. The van der Waals surface area contributed by atoms with Gasteiger partial charge in [-0.3, -0.25) is 4.79 Å². The van der Waals surface area contributed by atoms with Gasteiger partial charge < -0.3 is 5.32 Å². The molecule has 2 heteroatoms. The van der Waals surface area contributed by atoms with Gasteiger partial charge in [-0.2, -0.15) is 0 Å². The predicted octanol–water partition coefficient (Wildman–Crippen LogP) is 3.42. The Bertz CT molecular complexity index is 134. The zero-order valence-electron chi connectivity index (χ0n) is 9.64. The molecule has 0 saturated carbocycles. The fraction of sp³-hybridized carbons (Fsp3) is 0.833. The highest BCUT2D eigenvalue weighted by Crippen LogP contribution is 2.04. The Hall–Kier alpha value is -0.530. The number of carbonyl (C=O) groups excluding carboxylic acids is 1. The maximum Gasteiger partial charge on any atom is 0.220 e. The number of carbonyl (C=O) groups is 1. The van der Waals surface area contributed by atoms with Gasteiger partial charge in [-0.25, -0.2) is 0 Å². The lowest BCUT2D eigenvalue weighted by Crippen LogP contribution is -2.19. The van der Waals surface area contributed by atoms with Gasteiger partial charge in [-0.05, 0) is 12.8 Å². The smallest absolute Gasteiger partial charge is 0.220 e. The topological polar surface area (TPSA) is 29.1 Å². The van der Waals surface area contributed by atoms with Gasteiger partial charge in [0.05, 0.1) is 0 Å². The van der Waals surface area contributed by atoms with Crippen molar-refractivity contribution in [3.63, 3.8) is 0 Å². The van der Waals surface area contributed by atoms with E-state index in [9.17, 15) is 4.79 Å². The van der Waals surface area contributed by atoms with Crippen LogP contribution in [0.15, 0.2) is 0 Å². The third-order valence-electron chi connectivity index (χ3n) is 2.20. The van der Waals surface area contributed by atoms with E-state index in [0.717, 1.165) is 19.3 Å². The van der Waals surface area contributed by atoms with Gasteiger partial charge in [0, 0.05) is 13.0 Å². The van der Waals surface area contributed by atoms with E-state index in [-0.39, 0.29) is 5.91 Å². The Labute approximate surface area is 88.5 Å². The van der Waals surface area contributed by atoms with Crippen molar-refractivity contribution in [3.05, 3.63) is 6.54 Å². The molecule has 0 unspecified atom stereocenters. The van der Waals surface area contributed by atoms with Crippen molar-refractivity contribution < 1.29 is 4.79 Å². The van der Waals surface area contributed by atoms with Crippen LogP contribution in [0.25, 0.3) is 0 Å². The van der Waals surface area contributed by atoms with Gasteiger partial charge in [-0.15, -0.1) is 0 Å². The van der Waals surface area contributed by atoms with Gasteiger partial charge in [0.1, 0.15) is 0 Å². The summed E-state index contributed by atoms with van der Waals surface area (Å²) in [6.45, 7) is 6.17. The lowest BCUT2D eigenvalue weighted by atomic mass is 10.1. The van der Waals surface area contributed by atoms with Crippen molar-refractivity contribution in [2.75, 3.05) is 0 Å². The lowest BCUT2D eigenvalue weighted by Gasteiger charge is -2.03. The fourth-order valence-electron chi connectivity index (χ4n) is 1.29. The van der Waals surface area contributed by atoms with Gasteiger partial charge in [0.2, 0.25) is 5.91 Å². The molecule has 2 nitrogen and oxygen atoms in total. The Morgan fingerprint density at radius 1 is 1.07 bits per heavy atom. The standard InChI is InChI=1S/C12H24NO/c1-3-5-7-8-9-10-12(14)13-11-6-4-2/h11H,3-10H2,1-2H3,(H,13,14). The van der Waals surface area contributed by atoms with Crippen molar-refractivity contribution in [1.82, 2.24) is 5.32 Å². The van der Waals surface area contributed by atoms with E-state index < -0.39 is 0 Å². The molecule has 0 bridgehead atoms. The van der Waals surface area contributed by atoms with Crippen LogP contribution >= 0.6 is 0 Å². The molecular weight excluding hydrogens is 174 g/mol. The molecule has 0 saturated heterocycles. The maximum atomic E-state index is 11.2. The summed E-state index contributed by atoms with van der Waals surface area (Å²) in [7, 11) is 0. The van der Waals surface area contributed by atoms with Crippen molar-refractivity contribution in [1.29, 1.82) is 0 Å². The fourth-order valence-corrected chi connectivity index (χ4v) is 1.29. The second kappa shape index (κ2) is 10.6. The van der Waals surface area contributed by atoms with E-state index in [1.807, 2.05) is 6.54 Å². The molecule has 0 aliphatic rings. The van der Waals surface area contributed by atoms with E-state index in [1.54, 1.807) is 0 Å². The summed E-state index contributed by atoms with van der Waals surface area (Å²) >= 11 is 0. The zero-order valence-corrected chi connectivity index (χ0v) is 9.64. The van der Waals surface area contributed by atoms with E-state index >= 15 is 0 Å². The van der Waals surface area contributed by atoms with Crippen LogP contribution < -0.4 is 5.32 Å². The first-order valence-corrected chi connectivity index (χ1v) is 5.92. The third-order valence-corrected chi connectivity index (χ3v) is 2.20. The number of hydrogen-bond donors (Lipinski definition) is 1. The summed E-state index contributed by atoms with van der Waals surface area (Å²) in [6, 6.07) is 0. The molecule has 0 rings (SSSR count). The van der Waals surface area contributed by atoms with Crippen LogP contribution in [-0.4, -0.2) is 5.91 Å². The van der Waals surface area contributed by atoms with Gasteiger partial charge in [0.25, 0.3) is 0 Å². The summed E-state index contributed by atoms with van der Waals surface area (Å²) < 4.78 is 0. The molecule has 0 heterocycles. The highest BCUT2D eigenvalue weighted by atomic mass is 16.1. The molecule has 0 atom stereocenters. The summed E-state index contributed by atoms with van der Waals surface area (Å²) in [5, 5.41) is 2.81. The molecule has 1 radical (unpaired) electrons. The molecule has 83 valence electrons. The second-order valence-electron chi connectivity index (χ2n) is 3.72. The molecule has 0 aromatic heterocycles. The summed E-state index contributed by atoms with van der Waals surface area (Å²) in [6.07, 6.45) is 8.80. The number of amides is 1. The Morgan fingerprint density at radius 2 is 1.79 bits per heavy atom. The van der Waals surface area contributed by atoms with Gasteiger partial charge >= 0.3 is 0 Å². The molecular formula is C12H24NO. The summed E-state index contributed by atoms with van der Waals surface area (Å²) in [4.78, 5) is 11.2. The molecule has 0 aliphatic heterocycles. The van der Waals surface area contributed by atoms with Crippen molar-refractivity contribution in [2.24, 2.45) is 0 Å². The summed E-state index contributed by atoms with van der Waals surface area (Å²) in [5.41, 5.74) is 0. The van der Waals surface area contributed by atoms with Crippen molar-refractivity contribution in [3.8, 4) is 0 Å². The first-order chi connectivity index (χ1) is 6.81. The van der Waals surface area contributed by atoms with Crippen LogP contribution in [0.1, 0.15) is 65.2 Å². The number of rotatable bonds is 9. The zero-order chi connectivity index (χ0) is 10.6. The van der Waals surface area contributed by atoms with Crippen LogP contribution in [0, 0.1) is 6.54 Å². The SMILES string of the molecule is CCC[CH]NC(=O)CCCCCCC. The average molecular weight is 198 g/mol. The lowest BCUT2D eigenvalue weighted by molar-refractivity contribution is -0.120. The van der Waals surface area contributed by atoms with E-state index in [2.05, 4.69) is 19.2 Å². The minimum Gasteiger partial charge on any atom is -0.351 e. The first-order valence-electron chi connectivity index (χ1n) is 5.92. The molecule has 0 aromatic rings. The van der Waals surface area contributed by atoms with E-state index in [0.29, 0.717) is 6.42 Å². The second-order valence-corrected chi connectivity index (χ2v) is 3.72. The molecule has 0 aromatic carbocycles. The van der Waals surface area contributed by atoms with E-state index in [4.69, 9.17) is 0 Å². The first kappa shape index (κ1) is 13.5. The van der Waals surface area contributed by atoms with Crippen LogP contribution in [0.4, 0.5) is 0 Å². The number of nitrogens with one attached hydrogen (secondary N) is 1. The maximum absolute atomic E-state index is 11.2. The largest absolute Gasteiger partial charge is 0.351 e. The highest BCUT2D eigenvalue weighted by molar-refractivity contribution is 5.76. The minimum atomic E-state index is 0.176. The molecule has 0 aliphatic carbocycles. The monoisotopic (exact) mass is 198 g/mol. The van der Waals surface area contributed by atoms with Gasteiger partial charge in [-0.1, -0.05) is 46.0 Å². The summed E-state index contributed by atoms with van der Waals surface area (Å²) in [5.74, 6) is 0.176. The molecule has 1 amide bonds. The molecule has 0 fully saturated rings. The van der Waals surface area contributed by atoms with Crippen molar-refractivity contribution >= 4 is 5.91 Å². The Kier molecular flexibility index (Phi) is 10.2. The third kappa shape index (κ3) is 9.56. The van der Waals surface area contributed by atoms with E-state index in [1.165, 1.54) is 25.7 Å². The Morgan fingerprint density at radius 3 is 2.43 bits per heavy atom. The molecule has 1 N–H and O–H groups in total. The molecule has 0 spiro atoms. The van der Waals surface area contributed by atoms with Crippen LogP contribution in [-0.2, 0) is 4.79 Å². The molecule has 14 heavy (non-hydrogen) atoms. The van der Waals surface area contributed by atoms with Crippen LogP contribution in [0.3, 0.4) is 0 Å². The predicted molar refractivity (Wildman–Crippen MR) is 60.7 cm³/mol. The van der Waals surface area contributed by atoms with Crippen molar-refractivity contribution in [2.45, 2.75) is 65.2 Å². The number of unbranched alkanes of at least 4 members (excludes halogenated alkanes) is 5. The van der Waals surface area contributed by atoms with Crippen LogP contribution in [0.2, 0.25) is 0 Å². The minimum absolute atomic E-state index is 0.176. The average Bonchev–Trinajstić information content (AvgIpc) is 2.18.